The summed E-state index contributed by atoms with van der Waals surface area (Å²) in [6, 6.07) is 14.3. The number of aryl methyl sites for hydroxylation is 3. The SMILES string of the molecule is CC.Cc1ccc2[nH]c3c(c2c1)CCCC3NC(=O)c1ccccc1C. The Balaban J connectivity index is 0.000000948. The fraction of sp³-hybridized carbons (Fsp3) is 0.348. The van der Waals surface area contributed by atoms with Crippen LogP contribution in [0.5, 0.6) is 0 Å². The molecule has 1 aliphatic carbocycles. The minimum absolute atomic E-state index is 0.0146. The van der Waals surface area contributed by atoms with Crippen molar-refractivity contribution in [3.63, 3.8) is 0 Å². The van der Waals surface area contributed by atoms with Crippen LogP contribution in [0.1, 0.15) is 65.5 Å². The van der Waals surface area contributed by atoms with Gasteiger partial charge in [0, 0.05) is 22.2 Å². The third kappa shape index (κ3) is 3.39. The van der Waals surface area contributed by atoms with Crippen molar-refractivity contribution in [2.24, 2.45) is 0 Å². The molecule has 0 radical (unpaired) electrons. The summed E-state index contributed by atoms with van der Waals surface area (Å²) in [7, 11) is 0. The van der Waals surface area contributed by atoms with E-state index >= 15 is 0 Å². The van der Waals surface area contributed by atoms with Gasteiger partial charge < -0.3 is 10.3 Å². The highest BCUT2D eigenvalue weighted by atomic mass is 16.1. The first-order valence-electron chi connectivity index (χ1n) is 9.61. The van der Waals surface area contributed by atoms with Gasteiger partial charge in [0.1, 0.15) is 0 Å². The monoisotopic (exact) mass is 348 g/mol. The van der Waals surface area contributed by atoms with E-state index in [0.717, 1.165) is 30.4 Å². The molecule has 1 heterocycles. The van der Waals surface area contributed by atoms with Crippen molar-refractivity contribution >= 4 is 16.8 Å². The zero-order valence-corrected chi connectivity index (χ0v) is 16.1. The predicted octanol–water partition coefficient (Wildman–Crippen LogP) is 5.62. The molecular formula is C23H28N2O. The largest absolute Gasteiger partial charge is 0.356 e. The highest BCUT2D eigenvalue weighted by Crippen LogP contribution is 2.35. The first-order valence-corrected chi connectivity index (χ1v) is 9.61. The molecule has 3 aromatic rings. The van der Waals surface area contributed by atoms with Crippen LogP contribution >= 0.6 is 0 Å². The van der Waals surface area contributed by atoms with Crippen molar-refractivity contribution in [2.45, 2.75) is 53.0 Å². The number of aromatic nitrogens is 1. The van der Waals surface area contributed by atoms with E-state index < -0.39 is 0 Å². The van der Waals surface area contributed by atoms with Gasteiger partial charge in [-0.25, -0.2) is 0 Å². The molecule has 1 amide bonds. The first-order chi connectivity index (χ1) is 12.6. The van der Waals surface area contributed by atoms with Crippen LogP contribution in [0.2, 0.25) is 0 Å². The third-order valence-corrected chi connectivity index (χ3v) is 5.06. The average Bonchev–Trinajstić information content (AvgIpc) is 3.03. The molecule has 1 aromatic heterocycles. The van der Waals surface area contributed by atoms with Gasteiger partial charge in [-0.1, -0.05) is 43.7 Å². The lowest BCUT2D eigenvalue weighted by Gasteiger charge is -2.24. The van der Waals surface area contributed by atoms with Gasteiger partial charge in [-0.05, 0) is 62.4 Å². The molecule has 2 N–H and O–H groups in total. The van der Waals surface area contributed by atoms with Gasteiger partial charge in [0.2, 0.25) is 0 Å². The van der Waals surface area contributed by atoms with Crippen molar-refractivity contribution in [2.75, 3.05) is 0 Å². The maximum absolute atomic E-state index is 12.7. The maximum atomic E-state index is 12.7. The van der Waals surface area contributed by atoms with Crippen molar-refractivity contribution in [1.82, 2.24) is 10.3 Å². The lowest BCUT2D eigenvalue weighted by atomic mass is 9.91. The van der Waals surface area contributed by atoms with Crippen LogP contribution < -0.4 is 5.32 Å². The Hall–Kier alpha value is -2.55. The topological polar surface area (TPSA) is 44.9 Å². The van der Waals surface area contributed by atoms with Gasteiger partial charge in [0.15, 0.2) is 0 Å². The number of carbonyl (C=O) groups excluding carboxylic acids is 1. The first kappa shape index (κ1) is 18.2. The number of fused-ring (bicyclic) bond motifs is 3. The summed E-state index contributed by atoms with van der Waals surface area (Å²) in [5.41, 5.74) is 6.77. The molecule has 1 unspecified atom stereocenters. The molecular weight excluding hydrogens is 320 g/mol. The second-order valence-electron chi connectivity index (χ2n) is 6.80. The predicted molar refractivity (Wildman–Crippen MR) is 109 cm³/mol. The van der Waals surface area contributed by atoms with Crippen LogP contribution in [0.4, 0.5) is 0 Å². The summed E-state index contributed by atoms with van der Waals surface area (Å²) in [5.74, 6) is 0.0146. The fourth-order valence-electron chi connectivity index (χ4n) is 3.78. The quantitative estimate of drug-likeness (QED) is 0.620. The smallest absolute Gasteiger partial charge is 0.252 e. The lowest BCUT2D eigenvalue weighted by molar-refractivity contribution is 0.0931. The molecule has 0 spiro atoms. The Morgan fingerprint density at radius 3 is 2.65 bits per heavy atom. The molecule has 1 atom stereocenters. The van der Waals surface area contributed by atoms with E-state index in [9.17, 15) is 4.79 Å². The number of aromatic amines is 1. The standard InChI is InChI=1S/C21H22N2O.C2H6/c1-13-10-11-18-17(12-13)16-8-5-9-19(20(16)22-18)23-21(24)15-7-4-3-6-14(15)2;1-2/h3-4,6-7,10-12,19,22H,5,8-9H2,1-2H3,(H,23,24);1-2H3. The number of hydrogen-bond donors (Lipinski definition) is 2. The van der Waals surface area contributed by atoms with Crippen molar-refractivity contribution in [3.8, 4) is 0 Å². The number of nitrogens with one attached hydrogen (secondary N) is 2. The Kier molecular flexibility index (Phi) is 5.46. The van der Waals surface area contributed by atoms with Crippen LogP contribution in [0.15, 0.2) is 42.5 Å². The fourth-order valence-corrected chi connectivity index (χ4v) is 3.78. The summed E-state index contributed by atoms with van der Waals surface area (Å²) < 4.78 is 0. The lowest BCUT2D eigenvalue weighted by Crippen LogP contribution is -2.31. The second kappa shape index (κ2) is 7.77. The summed E-state index contributed by atoms with van der Waals surface area (Å²) in [5, 5.41) is 4.54. The minimum Gasteiger partial charge on any atom is -0.356 e. The Labute approximate surface area is 155 Å². The molecule has 0 aliphatic heterocycles. The Morgan fingerprint density at radius 2 is 1.88 bits per heavy atom. The van der Waals surface area contributed by atoms with Crippen LogP contribution in [0.25, 0.3) is 10.9 Å². The molecule has 0 bridgehead atoms. The molecule has 3 heteroatoms. The van der Waals surface area contributed by atoms with E-state index in [4.69, 9.17) is 0 Å². The van der Waals surface area contributed by atoms with Gasteiger partial charge in [-0.15, -0.1) is 0 Å². The molecule has 0 saturated carbocycles. The Morgan fingerprint density at radius 1 is 1.12 bits per heavy atom. The van der Waals surface area contributed by atoms with E-state index in [1.165, 1.54) is 27.7 Å². The second-order valence-corrected chi connectivity index (χ2v) is 6.80. The normalized spacial score (nSPS) is 15.8. The summed E-state index contributed by atoms with van der Waals surface area (Å²) in [4.78, 5) is 16.2. The van der Waals surface area contributed by atoms with E-state index in [1.54, 1.807) is 0 Å². The Bertz CT molecular complexity index is 923. The zero-order chi connectivity index (χ0) is 18.7. The molecule has 4 rings (SSSR count). The molecule has 0 saturated heterocycles. The van der Waals surface area contributed by atoms with E-state index in [0.29, 0.717) is 0 Å². The number of amides is 1. The van der Waals surface area contributed by atoms with Crippen LogP contribution in [-0.2, 0) is 6.42 Å². The minimum atomic E-state index is 0.0146. The van der Waals surface area contributed by atoms with Crippen LogP contribution in [0, 0.1) is 13.8 Å². The van der Waals surface area contributed by atoms with Gasteiger partial charge in [-0.2, -0.15) is 0 Å². The van der Waals surface area contributed by atoms with Crippen molar-refractivity contribution in [1.29, 1.82) is 0 Å². The molecule has 3 nitrogen and oxygen atoms in total. The van der Waals surface area contributed by atoms with Crippen LogP contribution in [0.3, 0.4) is 0 Å². The average molecular weight is 348 g/mol. The van der Waals surface area contributed by atoms with Gasteiger partial charge in [0.25, 0.3) is 5.91 Å². The molecule has 0 fully saturated rings. The van der Waals surface area contributed by atoms with E-state index in [1.807, 2.05) is 45.0 Å². The van der Waals surface area contributed by atoms with E-state index in [-0.39, 0.29) is 11.9 Å². The molecule has 26 heavy (non-hydrogen) atoms. The molecule has 2 aromatic carbocycles. The zero-order valence-electron chi connectivity index (χ0n) is 16.1. The maximum Gasteiger partial charge on any atom is 0.252 e. The summed E-state index contributed by atoms with van der Waals surface area (Å²) in [6.45, 7) is 8.10. The number of benzene rings is 2. The van der Waals surface area contributed by atoms with Gasteiger partial charge in [-0.3, -0.25) is 4.79 Å². The van der Waals surface area contributed by atoms with Crippen LogP contribution in [-0.4, -0.2) is 10.9 Å². The van der Waals surface area contributed by atoms with Crippen molar-refractivity contribution in [3.05, 3.63) is 70.4 Å². The van der Waals surface area contributed by atoms with Gasteiger partial charge in [0.05, 0.1) is 6.04 Å². The summed E-state index contributed by atoms with van der Waals surface area (Å²) in [6.07, 6.45) is 3.17. The highest BCUT2D eigenvalue weighted by Gasteiger charge is 2.26. The number of rotatable bonds is 2. The van der Waals surface area contributed by atoms with Gasteiger partial charge >= 0.3 is 0 Å². The van der Waals surface area contributed by atoms with Crippen molar-refractivity contribution < 1.29 is 4.79 Å². The number of H-pyrrole nitrogens is 1. The number of carbonyl (C=O) groups is 1. The highest BCUT2D eigenvalue weighted by molar-refractivity contribution is 5.96. The number of hydrogen-bond acceptors (Lipinski definition) is 1. The summed E-state index contributed by atoms with van der Waals surface area (Å²) >= 11 is 0. The van der Waals surface area contributed by atoms with E-state index in [2.05, 4.69) is 35.4 Å². The molecule has 136 valence electrons. The molecule has 1 aliphatic rings. The third-order valence-electron chi connectivity index (χ3n) is 5.06.